The summed E-state index contributed by atoms with van der Waals surface area (Å²) < 4.78 is 7.88. The number of rotatable bonds is 10. The fourth-order valence-corrected chi connectivity index (χ4v) is 3.77. The number of hydrogen-bond acceptors (Lipinski definition) is 7. The van der Waals surface area contributed by atoms with Crippen molar-refractivity contribution in [3.8, 4) is 5.75 Å². The zero-order valence-corrected chi connectivity index (χ0v) is 19.2. The summed E-state index contributed by atoms with van der Waals surface area (Å²) in [7, 11) is 1.62. The van der Waals surface area contributed by atoms with E-state index in [1.807, 2.05) is 31.2 Å². The molecule has 0 aliphatic heterocycles. The van der Waals surface area contributed by atoms with Gasteiger partial charge in [-0.15, -0.1) is 10.2 Å². The van der Waals surface area contributed by atoms with Crippen LogP contribution in [0.2, 0.25) is 5.28 Å². The van der Waals surface area contributed by atoms with Gasteiger partial charge in [0.05, 0.1) is 13.7 Å². The first kappa shape index (κ1) is 22.7. The number of nitrogens with one attached hydrogen (secondary N) is 1. The average Bonchev–Trinajstić information content (AvgIpc) is 3.43. The Bertz CT molecular complexity index is 1350. The molecule has 3 aromatic heterocycles. The normalized spacial score (nSPS) is 11.4. The van der Waals surface area contributed by atoms with Crippen molar-refractivity contribution in [2.24, 2.45) is 0 Å². The number of imidazole rings is 1. The highest BCUT2D eigenvalue weighted by molar-refractivity contribution is 6.28. The van der Waals surface area contributed by atoms with E-state index in [0.717, 1.165) is 24.2 Å². The zero-order valence-electron chi connectivity index (χ0n) is 18.5. The van der Waals surface area contributed by atoms with Gasteiger partial charge in [0.2, 0.25) is 5.28 Å². The van der Waals surface area contributed by atoms with Gasteiger partial charge in [-0.3, -0.25) is 13.9 Å². The molecule has 0 radical (unpaired) electrons. The van der Waals surface area contributed by atoms with E-state index in [1.54, 1.807) is 7.11 Å². The minimum Gasteiger partial charge on any atom is -0.497 e. The van der Waals surface area contributed by atoms with Gasteiger partial charge in [0.1, 0.15) is 5.75 Å². The van der Waals surface area contributed by atoms with Gasteiger partial charge in [-0.2, -0.15) is 9.78 Å². The van der Waals surface area contributed by atoms with Gasteiger partial charge in [0.25, 0.3) is 5.56 Å². The summed E-state index contributed by atoms with van der Waals surface area (Å²) in [6, 6.07) is 7.67. The van der Waals surface area contributed by atoms with Crippen LogP contribution in [0.4, 0.5) is 0 Å². The second kappa shape index (κ2) is 9.99. The van der Waals surface area contributed by atoms with E-state index in [0.29, 0.717) is 37.4 Å². The SMILES string of the molecule is CCCCn1c(=O)n(CCCn2nnc(Cc3ccc(OC)cc3)n2)c(=O)c2[nH]c(Cl)nc21. The van der Waals surface area contributed by atoms with Crippen molar-refractivity contribution >= 4 is 22.8 Å². The van der Waals surface area contributed by atoms with Crippen LogP contribution in [0.3, 0.4) is 0 Å². The first-order chi connectivity index (χ1) is 16.0. The summed E-state index contributed by atoms with van der Waals surface area (Å²) in [5, 5.41) is 12.7. The summed E-state index contributed by atoms with van der Waals surface area (Å²) in [4.78, 5) is 34.2. The van der Waals surface area contributed by atoms with Crippen LogP contribution in [0.15, 0.2) is 33.9 Å². The highest BCUT2D eigenvalue weighted by Crippen LogP contribution is 2.13. The van der Waals surface area contributed by atoms with Crippen molar-refractivity contribution in [1.29, 1.82) is 0 Å². The number of halogens is 1. The van der Waals surface area contributed by atoms with E-state index >= 15 is 0 Å². The van der Waals surface area contributed by atoms with Crippen molar-refractivity contribution in [2.45, 2.75) is 52.2 Å². The number of aryl methyl sites for hydroxylation is 2. The average molecular weight is 473 g/mol. The molecule has 4 aromatic rings. The van der Waals surface area contributed by atoms with E-state index in [9.17, 15) is 9.59 Å². The number of nitrogens with zero attached hydrogens (tertiary/aromatic N) is 7. The molecule has 0 fully saturated rings. The minimum absolute atomic E-state index is 0.0840. The maximum atomic E-state index is 13.0. The Labute approximate surface area is 194 Å². The molecule has 11 nitrogen and oxygen atoms in total. The van der Waals surface area contributed by atoms with Crippen molar-refractivity contribution in [2.75, 3.05) is 7.11 Å². The predicted octanol–water partition coefficient (Wildman–Crippen LogP) is 2.02. The Morgan fingerprint density at radius 2 is 1.82 bits per heavy atom. The lowest BCUT2D eigenvalue weighted by molar-refractivity contribution is 0.414. The summed E-state index contributed by atoms with van der Waals surface area (Å²) in [6.07, 6.45) is 2.72. The summed E-state index contributed by atoms with van der Waals surface area (Å²) in [5.74, 6) is 1.38. The molecule has 0 atom stereocenters. The third-order valence-electron chi connectivity index (χ3n) is 5.32. The summed E-state index contributed by atoms with van der Waals surface area (Å²) in [6.45, 7) is 3.13. The number of aromatic amines is 1. The third-order valence-corrected chi connectivity index (χ3v) is 5.50. The number of methoxy groups -OCH3 is 1. The summed E-state index contributed by atoms with van der Waals surface area (Å²) in [5.41, 5.74) is 0.739. The van der Waals surface area contributed by atoms with E-state index in [4.69, 9.17) is 16.3 Å². The maximum Gasteiger partial charge on any atom is 0.332 e. The molecule has 0 bridgehead atoms. The molecule has 0 saturated carbocycles. The standard InChI is InChI=1S/C21H25ClN8O3/c1-3-4-10-28-18-17(23-20(22)24-18)19(31)29(21(28)32)11-5-12-30-26-16(25-27-30)13-14-6-8-15(33-2)9-7-14/h6-9H,3-5,10-13H2,1-2H3,(H,23,24). The van der Waals surface area contributed by atoms with Crippen LogP contribution in [0.25, 0.3) is 11.2 Å². The molecule has 0 aliphatic carbocycles. The lowest BCUT2D eigenvalue weighted by Crippen LogP contribution is -2.40. The Kier molecular flexibility index (Phi) is 6.87. The Hall–Kier alpha value is -3.47. The zero-order chi connectivity index (χ0) is 23.4. The largest absolute Gasteiger partial charge is 0.497 e. The lowest BCUT2D eigenvalue weighted by atomic mass is 10.1. The molecular weight excluding hydrogens is 448 g/mol. The second-order valence-electron chi connectivity index (χ2n) is 7.65. The van der Waals surface area contributed by atoms with E-state index in [1.165, 1.54) is 13.9 Å². The van der Waals surface area contributed by atoms with Gasteiger partial charge >= 0.3 is 5.69 Å². The van der Waals surface area contributed by atoms with E-state index < -0.39 is 11.2 Å². The molecular formula is C21H25ClN8O3. The van der Waals surface area contributed by atoms with Gasteiger partial charge in [0.15, 0.2) is 17.0 Å². The molecule has 33 heavy (non-hydrogen) atoms. The monoisotopic (exact) mass is 472 g/mol. The first-order valence-corrected chi connectivity index (χ1v) is 11.2. The minimum atomic E-state index is -0.436. The van der Waals surface area contributed by atoms with Crippen LogP contribution < -0.4 is 16.0 Å². The van der Waals surface area contributed by atoms with Crippen LogP contribution in [0.1, 0.15) is 37.6 Å². The van der Waals surface area contributed by atoms with Crippen molar-refractivity contribution in [3.05, 3.63) is 61.8 Å². The number of fused-ring (bicyclic) bond motifs is 1. The first-order valence-electron chi connectivity index (χ1n) is 10.8. The lowest BCUT2D eigenvalue weighted by Gasteiger charge is -2.10. The maximum absolute atomic E-state index is 13.0. The molecule has 0 spiro atoms. The number of tetrazole rings is 1. The Balaban J connectivity index is 1.46. The second-order valence-corrected chi connectivity index (χ2v) is 8.01. The van der Waals surface area contributed by atoms with Crippen LogP contribution in [-0.4, -0.2) is 46.4 Å². The molecule has 12 heteroatoms. The topological polar surface area (TPSA) is 126 Å². The van der Waals surface area contributed by atoms with E-state index in [-0.39, 0.29) is 17.3 Å². The van der Waals surface area contributed by atoms with Crippen LogP contribution in [-0.2, 0) is 26.1 Å². The van der Waals surface area contributed by atoms with Crippen LogP contribution in [0, 0.1) is 0 Å². The molecule has 0 saturated heterocycles. The molecule has 1 N–H and O–H groups in total. The van der Waals surface area contributed by atoms with Gasteiger partial charge in [-0.1, -0.05) is 25.5 Å². The quantitative estimate of drug-likeness (QED) is 0.350. The van der Waals surface area contributed by atoms with Gasteiger partial charge in [0, 0.05) is 19.5 Å². The van der Waals surface area contributed by atoms with Crippen molar-refractivity contribution < 1.29 is 4.74 Å². The highest BCUT2D eigenvalue weighted by Gasteiger charge is 2.16. The molecule has 1 aromatic carbocycles. The molecule has 0 amide bonds. The van der Waals surface area contributed by atoms with E-state index in [2.05, 4.69) is 25.4 Å². The number of hydrogen-bond donors (Lipinski definition) is 1. The molecule has 3 heterocycles. The number of benzene rings is 1. The Morgan fingerprint density at radius 3 is 2.55 bits per heavy atom. The van der Waals surface area contributed by atoms with Crippen LogP contribution >= 0.6 is 11.6 Å². The van der Waals surface area contributed by atoms with Gasteiger partial charge in [-0.05, 0) is 47.4 Å². The highest BCUT2D eigenvalue weighted by atomic mass is 35.5. The van der Waals surface area contributed by atoms with Gasteiger partial charge < -0.3 is 9.72 Å². The number of ether oxygens (including phenoxy) is 1. The van der Waals surface area contributed by atoms with Crippen molar-refractivity contribution in [1.82, 2.24) is 39.3 Å². The molecule has 174 valence electrons. The molecule has 4 rings (SSSR count). The molecule has 0 aliphatic rings. The fraction of sp³-hybridized carbons (Fsp3) is 0.429. The summed E-state index contributed by atoms with van der Waals surface area (Å²) >= 11 is 5.96. The van der Waals surface area contributed by atoms with Crippen molar-refractivity contribution in [3.63, 3.8) is 0 Å². The van der Waals surface area contributed by atoms with Gasteiger partial charge in [-0.25, -0.2) is 4.79 Å². The number of aromatic nitrogens is 8. The van der Waals surface area contributed by atoms with Crippen LogP contribution in [0.5, 0.6) is 5.75 Å². The number of unbranched alkanes of at least 4 members (excludes halogenated alkanes) is 1. The third kappa shape index (κ3) is 4.98. The molecule has 0 unspecified atom stereocenters. The number of H-pyrrole nitrogens is 1. The predicted molar refractivity (Wildman–Crippen MR) is 123 cm³/mol. The Morgan fingerprint density at radius 1 is 1.06 bits per heavy atom. The smallest absolute Gasteiger partial charge is 0.332 e. The fourth-order valence-electron chi connectivity index (χ4n) is 3.59.